The molecule has 4 rings (SSSR count). The number of hydrogen-bond acceptors (Lipinski definition) is 2. The Morgan fingerprint density at radius 3 is 2.73 bits per heavy atom. The van der Waals surface area contributed by atoms with Crippen molar-refractivity contribution in [3.8, 4) is 0 Å². The van der Waals surface area contributed by atoms with Crippen molar-refractivity contribution in [2.24, 2.45) is 0 Å². The lowest BCUT2D eigenvalue weighted by molar-refractivity contribution is -0.134. The number of amides is 1. The molecule has 2 bridgehead atoms. The number of fused-ring (bicyclic) bond motifs is 2. The van der Waals surface area contributed by atoms with Crippen LogP contribution in [0.5, 0.6) is 0 Å². The van der Waals surface area contributed by atoms with Crippen molar-refractivity contribution < 1.29 is 4.79 Å². The number of carbonyl (C=O) groups excluding carboxylic acids is 1. The average Bonchev–Trinajstić information content (AvgIpc) is 2.20. The zero-order valence-electron chi connectivity index (χ0n) is 8.43. The summed E-state index contributed by atoms with van der Waals surface area (Å²) in [7, 11) is 0. The second-order valence-electron chi connectivity index (χ2n) is 4.19. The van der Waals surface area contributed by atoms with E-state index >= 15 is 0 Å². The minimum Gasteiger partial charge on any atom is -0.336 e. The largest absolute Gasteiger partial charge is 0.336 e. The van der Waals surface area contributed by atoms with Crippen LogP contribution in [-0.2, 0) is 11.3 Å². The van der Waals surface area contributed by atoms with Gasteiger partial charge in [0.15, 0.2) is 0 Å². The van der Waals surface area contributed by atoms with E-state index in [0.717, 1.165) is 19.5 Å². The highest BCUT2D eigenvalue weighted by Gasteiger charge is 2.44. The maximum atomic E-state index is 11.9. The monoisotopic (exact) mass is 219 g/mol. The Morgan fingerprint density at radius 1 is 1.33 bits per heavy atom. The third-order valence-corrected chi connectivity index (χ3v) is 4.51. The summed E-state index contributed by atoms with van der Waals surface area (Å²) >= 11 is 1.85. The highest BCUT2D eigenvalue weighted by atomic mass is 32.2. The molecule has 1 aromatic rings. The van der Waals surface area contributed by atoms with Crippen molar-refractivity contribution in [1.29, 1.82) is 0 Å². The number of carbonyl (C=O) groups is 1. The molecule has 2 nitrogen and oxygen atoms in total. The van der Waals surface area contributed by atoms with Gasteiger partial charge in [0.25, 0.3) is 0 Å². The van der Waals surface area contributed by atoms with Crippen molar-refractivity contribution in [1.82, 2.24) is 4.90 Å². The number of nitrogens with zero attached hydrogens (tertiary/aromatic N) is 1. The van der Waals surface area contributed by atoms with Crippen molar-refractivity contribution in [2.45, 2.75) is 23.5 Å². The Labute approximate surface area is 93.7 Å². The molecule has 0 aromatic heterocycles. The number of thioether (sulfide) groups is 1. The molecule has 3 fully saturated rings. The molecule has 0 N–H and O–H groups in total. The van der Waals surface area contributed by atoms with E-state index in [-0.39, 0.29) is 5.25 Å². The summed E-state index contributed by atoms with van der Waals surface area (Å²) in [5.41, 5.74) is 1.23. The first-order valence-corrected chi connectivity index (χ1v) is 6.25. The fourth-order valence-corrected chi connectivity index (χ4v) is 3.51. The van der Waals surface area contributed by atoms with Gasteiger partial charge in [0.1, 0.15) is 0 Å². The lowest BCUT2D eigenvalue weighted by atomic mass is 10.1. The van der Waals surface area contributed by atoms with Gasteiger partial charge in [-0.15, -0.1) is 11.8 Å². The molecule has 3 heterocycles. The normalized spacial score (nSPS) is 28.8. The first-order valence-electron chi connectivity index (χ1n) is 5.31. The molecule has 3 heteroatoms. The van der Waals surface area contributed by atoms with Crippen molar-refractivity contribution in [3.63, 3.8) is 0 Å². The zero-order chi connectivity index (χ0) is 10.3. The van der Waals surface area contributed by atoms with Gasteiger partial charge in [-0.2, -0.15) is 0 Å². The number of rotatable bonds is 2. The minimum atomic E-state index is 0.271. The zero-order valence-corrected chi connectivity index (χ0v) is 9.24. The summed E-state index contributed by atoms with van der Waals surface area (Å²) in [4.78, 5) is 13.9. The molecule has 3 saturated heterocycles. The van der Waals surface area contributed by atoms with E-state index in [4.69, 9.17) is 0 Å². The predicted molar refractivity (Wildman–Crippen MR) is 61.6 cm³/mol. The smallest absolute Gasteiger partial charge is 0.236 e. The van der Waals surface area contributed by atoms with E-state index in [0.29, 0.717) is 11.2 Å². The number of piperidine rings is 1. The summed E-state index contributed by atoms with van der Waals surface area (Å²) in [6.07, 6.45) is 1.11. The Morgan fingerprint density at radius 2 is 2.07 bits per heavy atom. The van der Waals surface area contributed by atoms with Crippen LogP contribution in [-0.4, -0.2) is 27.9 Å². The first-order chi connectivity index (χ1) is 7.33. The molecule has 2 atom stereocenters. The van der Waals surface area contributed by atoms with Gasteiger partial charge in [-0.25, -0.2) is 0 Å². The SMILES string of the molecule is O=C1C2CC(CN1Cc1ccccc1)S2. The van der Waals surface area contributed by atoms with Crippen molar-refractivity contribution in [2.75, 3.05) is 6.54 Å². The van der Waals surface area contributed by atoms with Gasteiger partial charge in [-0.05, 0) is 12.0 Å². The van der Waals surface area contributed by atoms with Gasteiger partial charge in [-0.1, -0.05) is 30.3 Å². The Hall–Kier alpha value is -0.960. The topological polar surface area (TPSA) is 20.3 Å². The van der Waals surface area contributed by atoms with Gasteiger partial charge in [0, 0.05) is 18.3 Å². The molecule has 3 aliphatic heterocycles. The van der Waals surface area contributed by atoms with Gasteiger partial charge < -0.3 is 4.90 Å². The van der Waals surface area contributed by atoms with Gasteiger partial charge >= 0.3 is 0 Å². The van der Waals surface area contributed by atoms with Crippen molar-refractivity contribution >= 4 is 17.7 Å². The standard InChI is InChI=1S/C12H13NOS/c14-12-11-6-10(15-11)8-13(12)7-9-4-2-1-3-5-9/h1-5,10-11H,6-8H2. The van der Waals surface area contributed by atoms with E-state index in [1.165, 1.54) is 5.56 Å². The molecule has 0 radical (unpaired) electrons. The van der Waals surface area contributed by atoms with Crippen LogP contribution >= 0.6 is 11.8 Å². The molecular weight excluding hydrogens is 206 g/mol. The van der Waals surface area contributed by atoms with Crippen LogP contribution in [0, 0.1) is 0 Å². The van der Waals surface area contributed by atoms with E-state index in [9.17, 15) is 4.79 Å². The maximum Gasteiger partial charge on any atom is 0.236 e. The lowest BCUT2D eigenvalue weighted by Crippen LogP contribution is -2.54. The molecule has 2 unspecified atom stereocenters. The summed E-state index contributed by atoms with van der Waals surface area (Å²) in [6, 6.07) is 10.2. The van der Waals surface area contributed by atoms with E-state index in [1.54, 1.807) is 0 Å². The van der Waals surface area contributed by atoms with Crippen LogP contribution in [0.2, 0.25) is 0 Å². The fraction of sp³-hybridized carbons (Fsp3) is 0.417. The molecule has 0 spiro atoms. The molecular formula is C12H13NOS. The van der Waals surface area contributed by atoms with Gasteiger partial charge in [-0.3, -0.25) is 4.79 Å². The third kappa shape index (κ3) is 1.65. The lowest BCUT2D eigenvalue weighted by Gasteiger charge is -2.45. The first kappa shape index (κ1) is 9.28. The van der Waals surface area contributed by atoms with Gasteiger partial charge in [0.2, 0.25) is 5.91 Å². The number of hydrogen-bond donors (Lipinski definition) is 0. The van der Waals surface area contributed by atoms with Crippen LogP contribution < -0.4 is 0 Å². The second kappa shape index (κ2) is 3.56. The molecule has 1 aromatic carbocycles. The van der Waals surface area contributed by atoms with E-state index < -0.39 is 0 Å². The Balaban J connectivity index is 1.71. The maximum absolute atomic E-state index is 11.9. The quantitative estimate of drug-likeness (QED) is 0.757. The van der Waals surface area contributed by atoms with E-state index in [2.05, 4.69) is 12.1 Å². The average molecular weight is 219 g/mol. The van der Waals surface area contributed by atoms with E-state index in [1.807, 2.05) is 34.9 Å². The van der Waals surface area contributed by atoms with Crippen LogP contribution in [0.1, 0.15) is 12.0 Å². The molecule has 0 aliphatic carbocycles. The minimum absolute atomic E-state index is 0.271. The Kier molecular flexibility index (Phi) is 2.20. The molecule has 1 amide bonds. The van der Waals surface area contributed by atoms with Crippen LogP contribution in [0.25, 0.3) is 0 Å². The van der Waals surface area contributed by atoms with Crippen LogP contribution in [0.4, 0.5) is 0 Å². The summed E-state index contributed by atoms with van der Waals surface area (Å²) < 4.78 is 0. The molecule has 15 heavy (non-hydrogen) atoms. The third-order valence-electron chi connectivity index (χ3n) is 3.06. The second-order valence-corrected chi connectivity index (χ2v) is 5.69. The summed E-state index contributed by atoms with van der Waals surface area (Å²) in [5, 5.41) is 0.976. The molecule has 3 aliphatic rings. The molecule has 78 valence electrons. The van der Waals surface area contributed by atoms with Crippen molar-refractivity contribution in [3.05, 3.63) is 35.9 Å². The summed E-state index contributed by atoms with van der Waals surface area (Å²) in [6.45, 7) is 1.72. The highest BCUT2D eigenvalue weighted by molar-refractivity contribution is 8.02. The van der Waals surface area contributed by atoms with Crippen LogP contribution in [0.3, 0.4) is 0 Å². The Bertz CT molecular complexity index is 372. The van der Waals surface area contributed by atoms with Gasteiger partial charge in [0.05, 0.1) is 5.25 Å². The highest BCUT2D eigenvalue weighted by Crippen LogP contribution is 2.42. The predicted octanol–water partition coefficient (Wildman–Crippen LogP) is 1.90. The summed E-state index contributed by atoms with van der Waals surface area (Å²) in [5.74, 6) is 0.339. The fourth-order valence-electron chi connectivity index (χ4n) is 2.22. The van der Waals surface area contributed by atoms with Crippen LogP contribution in [0.15, 0.2) is 30.3 Å². The number of benzene rings is 1. The molecule has 0 saturated carbocycles.